The van der Waals surface area contributed by atoms with E-state index in [1.54, 1.807) is 0 Å². The molecular weight excluding hydrogens is 787 g/mol. The molecule has 61 heavy (non-hydrogen) atoms. The Morgan fingerprint density at radius 1 is 0.426 bits per heavy atom. The Labute approximate surface area is 389 Å². The lowest BCUT2D eigenvalue weighted by atomic mass is 10.0. The van der Waals surface area contributed by atoms with Crippen LogP contribution >= 0.6 is 11.8 Å². The van der Waals surface area contributed by atoms with E-state index in [1.807, 2.05) is 0 Å². The highest BCUT2D eigenvalue weighted by molar-refractivity contribution is 8.13. The molecule has 366 valence electrons. The zero-order chi connectivity index (χ0) is 44.4. The van der Waals surface area contributed by atoms with Gasteiger partial charge in [-0.2, -0.15) is 0 Å². The number of thioether (sulfide) groups is 1. The van der Waals surface area contributed by atoms with Crippen molar-refractivity contribution < 1.29 is 18.1 Å². The van der Waals surface area contributed by atoms with E-state index in [9.17, 15) is 4.79 Å². The molecule has 1 N–H and O–H groups in total. The normalized spacial score (nSPS) is 12.5. The van der Waals surface area contributed by atoms with Crippen LogP contribution in [0.5, 0.6) is 0 Å². The minimum Gasteiger partial charge on any atom is -0.373 e. The lowest BCUT2D eigenvalue weighted by Gasteiger charge is -2.32. The molecule has 0 amide bonds. The van der Waals surface area contributed by atoms with Crippen LogP contribution in [0.25, 0.3) is 0 Å². The molecule has 1 atom stereocenters. The van der Waals surface area contributed by atoms with E-state index in [0.717, 1.165) is 57.1 Å². The summed E-state index contributed by atoms with van der Waals surface area (Å²) < 4.78 is 20.8. The number of carbonyl (C=O) groups is 1. The van der Waals surface area contributed by atoms with Crippen molar-refractivity contribution in [3.8, 4) is 0 Å². The van der Waals surface area contributed by atoms with Gasteiger partial charge in [-0.15, -0.1) is 0 Å². The Hall–Kier alpha value is 0.0769. The van der Waals surface area contributed by atoms with Gasteiger partial charge >= 0.3 is 8.80 Å². The van der Waals surface area contributed by atoms with Gasteiger partial charge in [-0.25, -0.2) is 0 Å². The topological polar surface area (TPSA) is 56.8 Å². The van der Waals surface area contributed by atoms with Crippen LogP contribution in [0.2, 0.25) is 6.04 Å². The van der Waals surface area contributed by atoms with Crippen LogP contribution in [0.1, 0.15) is 297 Å². The van der Waals surface area contributed by atoms with E-state index < -0.39 is 8.80 Å². The summed E-state index contributed by atoms with van der Waals surface area (Å²) in [6, 6.07) is 1.13. The van der Waals surface area contributed by atoms with Gasteiger partial charge in [0.1, 0.15) is 0 Å². The third-order valence-electron chi connectivity index (χ3n) is 12.8. The highest BCUT2D eigenvalue weighted by Gasteiger charge is 2.41. The Kier molecular flexibility index (Phi) is 51.1. The van der Waals surface area contributed by atoms with E-state index in [-0.39, 0.29) is 0 Å². The van der Waals surface area contributed by atoms with Crippen molar-refractivity contribution >= 4 is 25.7 Å². The summed E-state index contributed by atoms with van der Waals surface area (Å²) in [5, 5.41) is 3.95. The summed E-state index contributed by atoms with van der Waals surface area (Å²) in [7, 11) is -0.830. The first kappa shape index (κ1) is 61.1. The third-order valence-corrected chi connectivity index (χ3v) is 16.7. The van der Waals surface area contributed by atoms with Crippen LogP contribution in [0.4, 0.5) is 0 Å². The highest BCUT2D eigenvalue weighted by atomic mass is 32.2. The highest BCUT2D eigenvalue weighted by Crippen LogP contribution is 2.24. The molecule has 0 aromatic heterocycles. The minimum atomic E-state index is -2.93. The van der Waals surface area contributed by atoms with Crippen molar-refractivity contribution in [3.63, 3.8) is 0 Å². The Morgan fingerprint density at radius 3 is 1.11 bits per heavy atom. The monoisotopic (exact) mass is 898 g/mol. The molecule has 0 saturated carbocycles. The second-order valence-corrected chi connectivity index (χ2v) is 22.8. The molecule has 0 heterocycles. The number of hydrogen-bond acceptors (Lipinski definition) is 6. The molecule has 0 fully saturated rings. The van der Waals surface area contributed by atoms with Gasteiger partial charge in [-0.1, -0.05) is 271 Å². The first-order chi connectivity index (χ1) is 30.1. The van der Waals surface area contributed by atoms with Gasteiger partial charge in [0.15, 0.2) is 5.12 Å². The maximum Gasteiger partial charge on any atom is 0.501 e. The third kappa shape index (κ3) is 45.0. The zero-order valence-corrected chi connectivity index (χ0v) is 44.2. The molecule has 1 unspecified atom stereocenters. The summed E-state index contributed by atoms with van der Waals surface area (Å²) in [6.45, 7) is 11.3. The Bertz CT molecular complexity index is 824. The Morgan fingerprint density at radius 2 is 0.754 bits per heavy atom. The molecule has 0 aromatic rings. The maximum absolute atomic E-state index is 12.8. The van der Waals surface area contributed by atoms with Gasteiger partial charge in [0.2, 0.25) is 0 Å². The molecule has 0 aliphatic carbocycles. The van der Waals surface area contributed by atoms with E-state index in [1.165, 1.54) is 243 Å². The lowest BCUT2D eigenvalue weighted by molar-refractivity contribution is -0.111. The van der Waals surface area contributed by atoms with Crippen molar-refractivity contribution in [2.75, 3.05) is 32.6 Å². The molecule has 0 aliphatic heterocycles. The smallest absolute Gasteiger partial charge is 0.373 e. The maximum atomic E-state index is 12.8. The second-order valence-electron chi connectivity index (χ2n) is 18.9. The summed E-state index contributed by atoms with van der Waals surface area (Å²) in [6.07, 6.45) is 54.6. The van der Waals surface area contributed by atoms with Gasteiger partial charge in [0.05, 0.1) is 6.61 Å². The number of likely N-dealkylation sites (N-methyl/N-ethyl adjacent to an activating group) is 1. The average molecular weight is 899 g/mol. The predicted octanol–water partition coefficient (Wildman–Crippen LogP) is 18.3. The van der Waals surface area contributed by atoms with Gasteiger partial charge in [-0.05, 0) is 39.2 Å². The summed E-state index contributed by atoms with van der Waals surface area (Å²) in [5.74, 6) is 0.837. The molecule has 0 spiro atoms. The molecule has 0 aliphatic rings. The first-order valence-corrected chi connectivity index (χ1v) is 30.7. The molecule has 5 nitrogen and oxygen atoms in total. The van der Waals surface area contributed by atoms with E-state index in [0.29, 0.717) is 24.2 Å². The standard InChI is InChI=1S/C54H111NO4SSi/c1-6-10-14-18-21-24-27-28-29-30-31-34-38-41-46-53(55-5)52-59-61(51-45-50-60-54(56)47-42-37-17-13-9-4,57-48-43-39-35-32-25-22-19-15-11-7-2)58-49-44-40-36-33-26-23-20-16-12-8-3/h53,55H,6-52H2,1-5H3. The molecule has 0 saturated heterocycles. The van der Waals surface area contributed by atoms with Crippen molar-refractivity contribution in [3.05, 3.63) is 0 Å². The van der Waals surface area contributed by atoms with Crippen LogP contribution in [0.3, 0.4) is 0 Å². The van der Waals surface area contributed by atoms with Gasteiger partial charge < -0.3 is 18.6 Å². The van der Waals surface area contributed by atoms with E-state index in [4.69, 9.17) is 13.3 Å². The molecule has 0 bridgehead atoms. The lowest BCUT2D eigenvalue weighted by Crippen LogP contribution is -2.49. The number of rotatable bonds is 53. The fourth-order valence-corrected chi connectivity index (χ4v) is 12.2. The predicted molar refractivity (Wildman–Crippen MR) is 275 cm³/mol. The number of unbranched alkanes of at least 4 members (excludes halogenated alkanes) is 35. The minimum absolute atomic E-state index is 0.315. The number of nitrogens with one attached hydrogen (secondary N) is 1. The van der Waals surface area contributed by atoms with Crippen molar-refractivity contribution in [1.82, 2.24) is 5.32 Å². The Balaban J connectivity index is 5.16. The zero-order valence-electron chi connectivity index (χ0n) is 42.4. The molecule has 0 radical (unpaired) electrons. The van der Waals surface area contributed by atoms with Gasteiger partial charge in [-0.3, -0.25) is 4.79 Å². The second kappa shape index (κ2) is 51.1. The van der Waals surface area contributed by atoms with E-state index >= 15 is 0 Å². The van der Waals surface area contributed by atoms with Crippen molar-refractivity contribution in [2.24, 2.45) is 0 Å². The van der Waals surface area contributed by atoms with Crippen LogP contribution in [0.15, 0.2) is 0 Å². The fraction of sp³-hybridized carbons (Fsp3) is 0.981. The average Bonchev–Trinajstić information content (AvgIpc) is 3.27. The number of carbonyl (C=O) groups excluding carboxylic acids is 1. The molecule has 7 heteroatoms. The fourth-order valence-electron chi connectivity index (χ4n) is 8.52. The van der Waals surface area contributed by atoms with Gasteiger partial charge in [0, 0.05) is 37.5 Å². The van der Waals surface area contributed by atoms with E-state index in [2.05, 4.69) is 40.1 Å². The van der Waals surface area contributed by atoms with Crippen molar-refractivity contribution in [1.29, 1.82) is 0 Å². The summed E-state index contributed by atoms with van der Waals surface area (Å²) in [4.78, 5) is 12.8. The molecular formula is C54H111NO4SSi. The summed E-state index contributed by atoms with van der Waals surface area (Å²) in [5.41, 5.74) is 0. The molecule has 0 rings (SSSR count). The van der Waals surface area contributed by atoms with Crippen LogP contribution in [-0.2, 0) is 18.1 Å². The van der Waals surface area contributed by atoms with Crippen LogP contribution < -0.4 is 5.32 Å². The van der Waals surface area contributed by atoms with Crippen LogP contribution in [-0.4, -0.2) is 52.6 Å². The number of hydrogen-bond donors (Lipinski definition) is 1. The first-order valence-electron chi connectivity index (χ1n) is 27.8. The summed E-state index contributed by atoms with van der Waals surface area (Å²) >= 11 is 1.53. The van der Waals surface area contributed by atoms with Gasteiger partial charge in [0.25, 0.3) is 0 Å². The SMILES string of the molecule is CCCCCCCCCCCCCCCCC(CO[Si](CCCSC(=O)CCCCCCC)(OCCCCCCCCCCCC)OCCCCCCCCCCCC)NC. The van der Waals surface area contributed by atoms with Crippen molar-refractivity contribution in [2.45, 2.75) is 309 Å². The largest absolute Gasteiger partial charge is 0.501 e. The molecule has 0 aromatic carbocycles. The van der Waals surface area contributed by atoms with Crippen LogP contribution in [0, 0.1) is 0 Å². The quantitative estimate of drug-likeness (QED) is 0.0485.